The van der Waals surface area contributed by atoms with Crippen LogP contribution >= 0.6 is 0 Å². The molecule has 0 aliphatic rings. The molecule has 4 N–H and O–H groups in total. The number of aliphatic hydroxyl groups is 4. The molecule has 0 bridgehead atoms. The van der Waals surface area contributed by atoms with E-state index in [1.165, 1.54) is 51.0 Å². The van der Waals surface area contributed by atoms with Crippen molar-refractivity contribution in [3.8, 4) is 0 Å². The highest BCUT2D eigenvalue weighted by Gasteiger charge is 2.17. The van der Waals surface area contributed by atoms with Crippen molar-refractivity contribution in [3.05, 3.63) is 60.8 Å². The van der Waals surface area contributed by atoms with Crippen molar-refractivity contribution >= 4 is 11.9 Å². The van der Waals surface area contributed by atoms with Gasteiger partial charge in [-0.15, -0.1) is 0 Å². The first-order valence-electron chi connectivity index (χ1n) is 17.5. The van der Waals surface area contributed by atoms with E-state index in [2.05, 4.69) is 13.8 Å². The monoisotopic (exact) mass is 648 g/mol. The number of allylic oxidation sites excluding steroid dienone is 7. The van der Waals surface area contributed by atoms with Gasteiger partial charge in [0.2, 0.25) is 0 Å². The Kier molecular flexibility index (Phi) is 29.4. The average molecular weight is 649 g/mol. The van der Waals surface area contributed by atoms with Crippen molar-refractivity contribution in [3.63, 3.8) is 0 Å². The van der Waals surface area contributed by atoms with Gasteiger partial charge in [0.05, 0.1) is 24.9 Å². The van der Waals surface area contributed by atoms with Gasteiger partial charge in [-0.25, -0.2) is 0 Å². The normalized spacial score (nSPS) is 15.1. The lowest BCUT2D eigenvalue weighted by atomic mass is 10.0. The van der Waals surface area contributed by atoms with Crippen molar-refractivity contribution in [2.24, 2.45) is 5.92 Å². The molecule has 0 aromatic carbocycles. The van der Waals surface area contributed by atoms with E-state index < -0.39 is 43.0 Å². The van der Waals surface area contributed by atoms with Gasteiger partial charge in [0.25, 0.3) is 0 Å². The van der Waals surface area contributed by atoms with Crippen LogP contribution in [-0.4, -0.2) is 70.0 Å². The summed E-state index contributed by atoms with van der Waals surface area (Å²) in [4.78, 5) is 24.2. The highest BCUT2D eigenvalue weighted by atomic mass is 16.6. The number of hydrogen-bond acceptors (Lipinski definition) is 8. The summed E-state index contributed by atoms with van der Waals surface area (Å²) in [7, 11) is 0. The Balaban J connectivity index is 4.00. The van der Waals surface area contributed by atoms with Crippen LogP contribution in [0, 0.1) is 5.92 Å². The van der Waals surface area contributed by atoms with Crippen LogP contribution in [0.5, 0.6) is 0 Å². The van der Waals surface area contributed by atoms with E-state index in [0.29, 0.717) is 12.8 Å². The fourth-order valence-electron chi connectivity index (χ4n) is 4.55. The van der Waals surface area contributed by atoms with Gasteiger partial charge in [0.15, 0.2) is 6.10 Å². The van der Waals surface area contributed by atoms with Gasteiger partial charge < -0.3 is 29.9 Å². The molecule has 0 unspecified atom stereocenters. The van der Waals surface area contributed by atoms with E-state index in [0.717, 1.165) is 31.6 Å². The summed E-state index contributed by atoms with van der Waals surface area (Å²) in [6.45, 7) is 5.92. The molecule has 46 heavy (non-hydrogen) atoms. The zero-order valence-electron chi connectivity index (χ0n) is 28.8. The third-order valence-corrected chi connectivity index (χ3v) is 7.35. The molecule has 0 aromatic heterocycles. The Morgan fingerprint density at radius 3 is 1.85 bits per heavy atom. The third kappa shape index (κ3) is 28.9. The van der Waals surface area contributed by atoms with Gasteiger partial charge in [0, 0.05) is 12.8 Å². The zero-order valence-corrected chi connectivity index (χ0v) is 28.8. The lowest BCUT2D eigenvalue weighted by molar-refractivity contribution is -0.161. The number of carbonyl (C=O) groups excluding carboxylic acids is 2. The summed E-state index contributed by atoms with van der Waals surface area (Å²) >= 11 is 0. The standard InChI is InChI=1S/C38H64O8/c1-4-5-17-24-33(40)25-19-14-11-12-15-20-26-35(41)36(42)27-22-29-37(43)45-31-34(30-39)46-38(44)28-21-16-10-8-6-7-9-13-18-23-32(2)3/h5,11-12,14-15,17,19-20,25-26,32-36,39-42H,4,6-10,13,16,18,21-24,27-31H2,1-3H3/b14-11+,15-12-,17-5-,25-19+,26-20-/t33-,34+,35+,36+/m1/s1. The lowest BCUT2D eigenvalue weighted by Gasteiger charge is -2.16. The molecular weight excluding hydrogens is 584 g/mol. The number of carbonyl (C=O) groups is 2. The molecule has 4 atom stereocenters. The molecule has 0 saturated carbocycles. The van der Waals surface area contributed by atoms with Crippen molar-refractivity contribution in [1.82, 2.24) is 0 Å². The maximum absolute atomic E-state index is 12.1. The van der Waals surface area contributed by atoms with Gasteiger partial charge in [-0.3, -0.25) is 9.59 Å². The molecule has 0 radical (unpaired) electrons. The first-order chi connectivity index (χ1) is 22.2. The van der Waals surface area contributed by atoms with Crippen molar-refractivity contribution in [2.75, 3.05) is 13.2 Å². The topological polar surface area (TPSA) is 134 Å². The van der Waals surface area contributed by atoms with Crippen LogP contribution in [0.4, 0.5) is 0 Å². The fraction of sp³-hybridized carbons (Fsp3) is 0.684. The molecule has 0 rings (SSSR count). The summed E-state index contributed by atoms with van der Waals surface area (Å²) in [6.07, 6.45) is 28.1. The Bertz CT molecular complexity index is 889. The predicted octanol–water partition coefficient (Wildman–Crippen LogP) is 7.21. The second-order valence-electron chi connectivity index (χ2n) is 12.3. The van der Waals surface area contributed by atoms with Crippen LogP contribution in [0.15, 0.2) is 60.8 Å². The largest absolute Gasteiger partial charge is 0.462 e. The molecule has 0 spiro atoms. The molecule has 0 saturated heterocycles. The van der Waals surface area contributed by atoms with Crippen molar-refractivity contribution in [2.45, 2.75) is 148 Å². The summed E-state index contributed by atoms with van der Waals surface area (Å²) in [5, 5.41) is 39.5. The second-order valence-corrected chi connectivity index (χ2v) is 12.3. The van der Waals surface area contributed by atoms with Crippen LogP contribution < -0.4 is 0 Å². The van der Waals surface area contributed by atoms with Crippen LogP contribution in [0.1, 0.15) is 124 Å². The summed E-state index contributed by atoms with van der Waals surface area (Å²) in [5.74, 6) is -0.140. The fourth-order valence-corrected chi connectivity index (χ4v) is 4.55. The minimum atomic E-state index is -1.08. The summed E-state index contributed by atoms with van der Waals surface area (Å²) in [6, 6.07) is 0. The van der Waals surface area contributed by atoms with Gasteiger partial charge in [-0.2, -0.15) is 0 Å². The quantitative estimate of drug-likeness (QED) is 0.0289. The molecule has 8 nitrogen and oxygen atoms in total. The molecule has 0 aliphatic carbocycles. The van der Waals surface area contributed by atoms with E-state index in [-0.39, 0.29) is 25.9 Å². The Labute approximate surface area is 279 Å². The van der Waals surface area contributed by atoms with Gasteiger partial charge in [-0.05, 0) is 38.0 Å². The Morgan fingerprint density at radius 2 is 1.24 bits per heavy atom. The molecule has 0 amide bonds. The average Bonchev–Trinajstić information content (AvgIpc) is 3.02. The number of unbranched alkanes of at least 4 members (excludes halogenated alkanes) is 8. The summed E-state index contributed by atoms with van der Waals surface area (Å²) in [5.41, 5.74) is 0. The van der Waals surface area contributed by atoms with E-state index >= 15 is 0 Å². The zero-order chi connectivity index (χ0) is 34.3. The number of esters is 2. The van der Waals surface area contributed by atoms with Gasteiger partial charge in [-0.1, -0.05) is 139 Å². The first-order valence-corrected chi connectivity index (χ1v) is 17.5. The summed E-state index contributed by atoms with van der Waals surface area (Å²) < 4.78 is 10.4. The van der Waals surface area contributed by atoms with Crippen LogP contribution in [-0.2, 0) is 19.1 Å². The number of ether oxygens (including phenoxy) is 2. The highest BCUT2D eigenvalue weighted by molar-refractivity contribution is 5.70. The maximum atomic E-state index is 12.1. The Morgan fingerprint density at radius 1 is 0.674 bits per heavy atom. The SMILES string of the molecule is CC/C=C\C[C@@H](O)/C=C/C=C/C=C\C=C/[C@H](O)[C@@H](O)CCCC(=O)OC[C@H](CO)OC(=O)CCCCCCCCCCCC(C)C. The molecule has 8 heteroatoms. The maximum Gasteiger partial charge on any atom is 0.306 e. The van der Waals surface area contributed by atoms with Crippen molar-refractivity contribution in [1.29, 1.82) is 0 Å². The molecule has 0 heterocycles. The van der Waals surface area contributed by atoms with Crippen LogP contribution in [0.25, 0.3) is 0 Å². The van der Waals surface area contributed by atoms with Crippen LogP contribution in [0.2, 0.25) is 0 Å². The first kappa shape index (κ1) is 43.5. The van der Waals surface area contributed by atoms with Gasteiger partial charge >= 0.3 is 11.9 Å². The smallest absolute Gasteiger partial charge is 0.306 e. The van der Waals surface area contributed by atoms with E-state index in [1.54, 1.807) is 42.5 Å². The number of aliphatic hydroxyl groups excluding tert-OH is 4. The number of hydrogen-bond donors (Lipinski definition) is 4. The minimum Gasteiger partial charge on any atom is -0.462 e. The predicted molar refractivity (Wildman–Crippen MR) is 186 cm³/mol. The van der Waals surface area contributed by atoms with Crippen molar-refractivity contribution < 1.29 is 39.5 Å². The van der Waals surface area contributed by atoms with E-state index in [9.17, 15) is 30.0 Å². The van der Waals surface area contributed by atoms with Gasteiger partial charge in [0.1, 0.15) is 6.61 Å². The molecule has 0 aliphatic heterocycles. The van der Waals surface area contributed by atoms with E-state index in [4.69, 9.17) is 9.47 Å². The number of rotatable bonds is 29. The molecule has 0 aromatic rings. The van der Waals surface area contributed by atoms with E-state index in [1.807, 2.05) is 19.1 Å². The minimum absolute atomic E-state index is 0.0271. The molecule has 264 valence electrons. The molecule has 0 fully saturated rings. The lowest BCUT2D eigenvalue weighted by Crippen LogP contribution is -2.28. The third-order valence-electron chi connectivity index (χ3n) is 7.35. The van der Waals surface area contributed by atoms with Crippen LogP contribution in [0.3, 0.4) is 0 Å². The second kappa shape index (κ2) is 31.1. The molecular formula is C38H64O8. The highest BCUT2D eigenvalue weighted by Crippen LogP contribution is 2.14. The Hall–Kier alpha value is -2.52.